The molecule has 1 saturated heterocycles. The van der Waals surface area contributed by atoms with Gasteiger partial charge < -0.3 is 10.0 Å². The van der Waals surface area contributed by atoms with Gasteiger partial charge in [0, 0.05) is 25.7 Å². The zero-order valence-electron chi connectivity index (χ0n) is 20.0. The van der Waals surface area contributed by atoms with E-state index in [9.17, 15) is 14.7 Å². The molecule has 0 saturated carbocycles. The summed E-state index contributed by atoms with van der Waals surface area (Å²) in [5.41, 5.74) is 2.62. The standard InChI is InChI=1S/C27H26N6O3/c1-31-24-23(16-30-31)26(35)33(18-29-24)17-27(36)11-14-32(15-12-27)25(34)21-8-6-20(7-9-21)22-5-3-2-4-19(22)10-13-28/h2-9,16,18,36H,10-12,14-15,17H2,1H3. The van der Waals surface area contributed by atoms with Crippen molar-refractivity contribution >= 4 is 16.9 Å². The lowest BCUT2D eigenvalue weighted by Gasteiger charge is -2.38. The number of hydrogen-bond acceptors (Lipinski definition) is 6. The summed E-state index contributed by atoms with van der Waals surface area (Å²) in [6, 6.07) is 17.4. The molecule has 0 aliphatic carbocycles. The Hall–Kier alpha value is -4.29. The maximum atomic E-state index is 13.1. The van der Waals surface area contributed by atoms with Gasteiger partial charge in [-0.25, -0.2) is 4.98 Å². The smallest absolute Gasteiger partial charge is 0.264 e. The van der Waals surface area contributed by atoms with Gasteiger partial charge in [0.25, 0.3) is 11.5 Å². The summed E-state index contributed by atoms with van der Waals surface area (Å²) in [5.74, 6) is -0.0930. The van der Waals surface area contributed by atoms with Gasteiger partial charge in [-0.1, -0.05) is 36.4 Å². The predicted octanol–water partition coefficient (Wildman–Crippen LogP) is 2.53. The second kappa shape index (κ2) is 9.40. The lowest BCUT2D eigenvalue weighted by atomic mass is 9.90. The molecule has 0 spiro atoms. The highest BCUT2D eigenvalue weighted by Gasteiger charge is 2.35. The molecule has 0 atom stereocenters. The number of aromatic nitrogens is 4. The number of piperidine rings is 1. The van der Waals surface area contributed by atoms with Crippen molar-refractivity contribution in [3.05, 3.63) is 82.5 Å². The van der Waals surface area contributed by atoms with Gasteiger partial charge in [0.1, 0.15) is 11.7 Å². The molecular formula is C27H26N6O3. The molecular weight excluding hydrogens is 456 g/mol. The number of likely N-dealkylation sites (tertiary alicyclic amines) is 1. The molecule has 1 N–H and O–H groups in total. The summed E-state index contributed by atoms with van der Waals surface area (Å²) in [6.45, 7) is 0.890. The van der Waals surface area contributed by atoms with Gasteiger partial charge in [0.2, 0.25) is 0 Å². The topological polar surface area (TPSA) is 117 Å². The van der Waals surface area contributed by atoms with Gasteiger partial charge in [-0.05, 0) is 41.7 Å². The molecule has 0 radical (unpaired) electrons. The molecule has 1 aliphatic rings. The third-order valence-corrected chi connectivity index (χ3v) is 6.89. The van der Waals surface area contributed by atoms with E-state index in [1.807, 2.05) is 36.4 Å². The van der Waals surface area contributed by atoms with E-state index in [0.717, 1.165) is 16.7 Å². The first-order valence-corrected chi connectivity index (χ1v) is 11.8. The number of rotatable bonds is 5. The van der Waals surface area contributed by atoms with Crippen molar-refractivity contribution in [2.45, 2.75) is 31.4 Å². The summed E-state index contributed by atoms with van der Waals surface area (Å²) in [7, 11) is 1.72. The van der Waals surface area contributed by atoms with Gasteiger partial charge in [-0.2, -0.15) is 10.4 Å². The average Bonchev–Trinajstić information content (AvgIpc) is 3.28. The number of amides is 1. The number of aryl methyl sites for hydroxylation is 1. The van der Waals surface area contributed by atoms with E-state index in [1.54, 1.807) is 24.1 Å². The number of hydrogen-bond donors (Lipinski definition) is 1. The minimum atomic E-state index is -1.10. The number of carbonyl (C=O) groups excluding carboxylic acids is 1. The normalized spacial score (nSPS) is 15.1. The molecule has 0 bridgehead atoms. The van der Waals surface area contributed by atoms with Crippen LogP contribution in [0.15, 0.2) is 65.8 Å². The number of fused-ring (bicyclic) bond motifs is 1. The SMILES string of the molecule is Cn1ncc2c(=O)n(CC3(O)CCN(C(=O)c4ccc(-c5ccccc5CC#N)cc4)CC3)cnc21. The van der Waals surface area contributed by atoms with E-state index in [4.69, 9.17) is 5.26 Å². The van der Waals surface area contributed by atoms with Crippen molar-refractivity contribution in [3.8, 4) is 17.2 Å². The molecule has 4 aromatic rings. The molecule has 1 amide bonds. The van der Waals surface area contributed by atoms with Crippen LogP contribution in [0.4, 0.5) is 0 Å². The van der Waals surface area contributed by atoms with Crippen LogP contribution in [0.25, 0.3) is 22.2 Å². The molecule has 2 aromatic carbocycles. The van der Waals surface area contributed by atoms with Gasteiger partial charge in [0.15, 0.2) is 5.65 Å². The predicted molar refractivity (Wildman–Crippen MR) is 134 cm³/mol. The molecule has 5 rings (SSSR count). The number of carbonyl (C=O) groups is 1. The fourth-order valence-electron chi connectivity index (χ4n) is 4.80. The highest BCUT2D eigenvalue weighted by atomic mass is 16.3. The number of benzene rings is 2. The van der Waals surface area contributed by atoms with Crippen LogP contribution in [-0.4, -0.2) is 53.9 Å². The summed E-state index contributed by atoms with van der Waals surface area (Å²) in [5, 5.41) is 24.7. The molecule has 0 unspecified atom stereocenters. The largest absolute Gasteiger partial charge is 0.388 e. The quantitative estimate of drug-likeness (QED) is 0.467. The van der Waals surface area contributed by atoms with Crippen LogP contribution in [0.2, 0.25) is 0 Å². The van der Waals surface area contributed by atoms with Crippen molar-refractivity contribution in [1.29, 1.82) is 5.26 Å². The third-order valence-electron chi connectivity index (χ3n) is 6.89. The van der Waals surface area contributed by atoms with Crippen LogP contribution < -0.4 is 5.56 Å². The van der Waals surface area contributed by atoms with Gasteiger partial charge in [-0.15, -0.1) is 0 Å². The lowest BCUT2D eigenvalue weighted by Crippen LogP contribution is -2.49. The Labute approximate surface area is 207 Å². The Bertz CT molecular complexity index is 1520. The Morgan fingerprint density at radius 3 is 2.58 bits per heavy atom. The minimum absolute atomic E-state index is 0.0930. The zero-order chi connectivity index (χ0) is 25.3. The molecule has 36 heavy (non-hydrogen) atoms. The molecule has 2 aromatic heterocycles. The number of nitriles is 1. The number of aliphatic hydroxyl groups is 1. The molecule has 9 nitrogen and oxygen atoms in total. The van der Waals surface area contributed by atoms with Crippen LogP contribution >= 0.6 is 0 Å². The highest BCUT2D eigenvalue weighted by Crippen LogP contribution is 2.27. The Morgan fingerprint density at radius 1 is 1.14 bits per heavy atom. The fraction of sp³-hybridized carbons (Fsp3) is 0.296. The summed E-state index contributed by atoms with van der Waals surface area (Å²) in [4.78, 5) is 31.9. The van der Waals surface area contributed by atoms with Gasteiger partial charge in [-0.3, -0.25) is 18.8 Å². The Kier molecular flexibility index (Phi) is 6.12. The molecule has 9 heteroatoms. The molecule has 3 heterocycles. The van der Waals surface area contributed by atoms with E-state index in [-0.39, 0.29) is 18.0 Å². The lowest BCUT2D eigenvalue weighted by molar-refractivity contribution is -0.0299. The monoisotopic (exact) mass is 482 g/mol. The second-order valence-electron chi connectivity index (χ2n) is 9.27. The van der Waals surface area contributed by atoms with Gasteiger partial charge in [0.05, 0.1) is 30.8 Å². The van der Waals surface area contributed by atoms with E-state index in [1.165, 1.54) is 21.8 Å². The summed E-state index contributed by atoms with van der Waals surface area (Å²) in [6.07, 6.45) is 3.97. The van der Waals surface area contributed by atoms with Crippen LogP contribution in [-0.2, 0) is 20.0 Å². The Balaban J connectivity index is 1.26. The van der Waals surface area contributed by atoms with Crippen molar-refractivity contribution in [1.82, 2.24) is 24.2 Å². The van der Waals surface area contributed by atoms with Crippen LogP contribution in [0, 0.1) is 11.3 Å². The first-order valence-electron chi connectivity index (χ1n) is 11.8. The van der Waals surface area contributed by atoms with Crippen LogP contribution in [0.5, 0.6) is 0 Å². The molecule has 1 aliphatic heterocycles. The number of nitrogens with zero attached hydrogens (tertiary/aromatic N) is 6. The fourth-order valence-corrected chi connectivity index (χ4v) is 4.80. The van der Waals surface area contributed by atoms with Crippen molar-refractivity contribution in [2.75, 3.05) is 13.1 Å². The Morgan fingerprint density at radius 2 is 1.86 bits per heavy atom. The summed E-state index contributed by atoms with van der Waals surface area (Å²) >= 11 is 0. The maximum absolute atomic E-state index is 13.1. The first kappa shape index (κ1) is 23.5. The second-order valence-corrected chi connectivity index (χ2v) is 9.27. The van der Waals surface area contributed by atoms with Crippen molar-refractivity contribution < 1.29 is 9.90 Å². The van der Waals surface area contributed by atoms with Crippen LogP contribution in [0.3, 0.4) is 0 Å². The first-order chi connectivity index (χ1) is 17.4. The third kappa shape index (κ3) is 4.39. The average molecular weight is 483 g/mol. The maximum Gasteiger partial charge on any atom is 0.264 e. The van der Waals surface area contributed by atoms with E-state index in [2.05, 4.69) is 16.2 Å². The van der Waals surface area contributed by atoms with E-state index < -0.39 is 5.60 Å². The van der Waals surface area contributed by atoms with E-state index in [0.29, 0.717) is 48.9 Å². The molecule has 182 valence electrons. The van der Waals surface area contributed by atoms with Gasteiger partial charge >= 0.3 is 0 Å². The molecule has 1 fully saturated rings. The highest BCUT2D eigenvalue weighted by molar-refractivity contribution is 5.94. The van der Waals surface area contributed by atoms with Crippen LogP contribution in [0.1, 0.15) is 28.8 Å². The minimum Gasteiger partial charge on any atom is -0.388 e. The zero-order valence-corrected chi connectivity index (χ0v) is 20.0. The van der Waals surface area contributed by atoms with Crippen molar-refractivity contribution in [2.24, 2.45) is 7.05 Å². The van der Waals surface area contributed by atoms with Crippen molar-refractivity contribution in [3.63, 3.8) is 0 Å². The van der Waals surface area contributed by atoms with E-state index >= 15 is 0 Å². The summed E-state index contributed by atoms with van der Waals surface area (Å²) < 4.78 is 2.96.